The molecule has 0 saturated heterocycles. The summed E-state index contributed by atoms with van der Waals surface area (Å²) in [5, 5.41) is 6.16. The number of fused-ring (bicyclic) bond motifs is 1. The lowest BCUT2D eigenvalue weighted by Crippen LogP contribution is -2.31. The van der Waals surface area contributed by atoms with Gasteiger partial charge in [0.25, 0.3) is 5.95 Å². The number of pyridine rings is 1. The van der Waals surface area contributed by atoms with Crippen LogP contribution >= 0.6 is 0 Å². The molecule has 188 valence electrons. The Morgan fingerprint density at radius 2 is 1.92 bits per heavy atom. The van der Waals surface area contributed by atoms with Crippen LogP contribution in [0, 0.1) is 13.8 Å². The molecule has 0 atom stereocenters. The zero-order valence-electron chi connectivity index (χ0n) is 21.2. The third kappa shape index (κ3) is 6.53. The van der Waals surface area contributed by atoms with E-state index in [-0.39, 0.29) is 17.7 Å². The molecule has 0 unspecified atom stereocenters. The van der Waals surface area contributed by atoms with Crippen molar-refractivity contribution in [3.8, 4) is 5.82 Å². The van der Waals surface area contributed by atoms with E-state index < -0.39 is 11.7 Å². The third-order valence-electron chi connectivity index (χ3n) is 4.75. The van der Waals surface area contributed by atoms with Crippen molar-refractivity contribution in [3.63, 3.8) is 0 Å². The highest BCUT2D eigenvalue weighted by Crippen LogP contribution is 2.26. The van der Waals surface area contributed by atoms with E-state index in [1.165, 1.54) is 12.2 Å². The van der Waals surface area contributed by atoms with Gasteiger partial charge < -0.3 is 15.8 Å². The molecular formula is C25H30N8O3. The van der Waals surface area contributed by atoms with E-state index in [1.54, 1.807) is 40.1 Å². The van der Waals surface area contributed by atoms with Crippen LogP contribution in [-0.4, -0.2) is 43.0 Å². The maximum Gasteiger partial charge on any atom is 0.411 e. The molecule has 0 fully saturated rings. The molecule has 0 radical (unpaired) electrons. The van der Waals surface area contributed by atoms with E-state index in [0.717, 1.165) is 16.5 Å². The highest BCUT2D eigenvalue weighted by Gasteiger charge is 2.16. The smallest absolute Gasteiger partial charge is 0.411 e. The first-order chi connectivity index (χ1) is 16.9. The number of aromatic nitrogens is 4. The van der Waals surface area contributed by atoms with Crippen molar-refractivity contribution in [1.82, 2.24) is 24.8 Å². The molecule has 0 aliphatic rings. The highest BCUT2D eigenvalue weighted by molar-refractivity contribution is 6.00. The van der Waals surface area contributed by atoms with Crippen molar-refractivity contribution in [2.75, 3.05) is 5.32 Å². The number of amidine groups is 1. The van der Waals surface area contributed by atoms with Crippen LogP contribution < -0.4 is 16.4 Å². The predicted octanol–water partition coefficient (Wildman–Crippen LogP) is 3.97. The molecule has 0 aliphatic carbocycles. The van der Waals surface area contributed by atoms with Gasteiger partial charge >= 0.3 is 6.09 Å². The van der Waals surface area contributed by atoms with Crippen LogP contribution in [0.2, 0.25) is 0 Å². The van der Waals surface area contributed by atoms with E-state index in [0.29, 0.717) is 22.8 Å². The molecule has 11 nitrogen and oxygen atoms in total. The van der Waals surface area contributed by atoms with Crippen LogP contribution in [0.3, 0.4) is 0 Å². The molecule has 11 heteroatoms. The lowest BCUT2D eigenvalue weighted by atomic mass is 10.2. The molecule has 0 aliphatic heterocycles. The minimum atomic E-state index is -0.618. The summed E-state index contributed by atoms with van der Waals surface area (Å²) in [6, 6.07) is 1.84. The Morgan fingerprint density at radius 3 is 2.58 bits per heavy atom. The molecule has 36 heavy (non-hydrogen) atoms. The fourth-order valence-corrected chi connectivity index (χ4v) is 3.28. The number of aryl methyl sites for hydroxylation is 2. The average Bonchev–Trinajstić information content (AvgIpc) is 3.09. The van der Waals surface area contributed by atoms with Crippen LogP contribution in [0.25, 0.3) is 16.9 Å². The Balaban J connectivity index is 1.90. The largest absolute Gasteiger partial charge is 0.444 e. The second-order valence-corrected chi connectivity index (χ2v) is 9.14. The van der Waals surface area contributed by atoms with Crippen molar-refractivity contribution in [3.05, 3.63) is 60.2 Å². The first-order valence-corrected chi connectivity index (χ1v) is 11.1. The summed E-state index contributed by atoms with van der Waals surface area (Å²) >= 11 is 0. The number of allylic oxidation sites excluding steroid dienone is 1. The molecule has 0 spiro atoms. The van der Waals surface area contributed by atoms with Gasteiger partial charge in [-0.3, -0.25) is 14.7 Å². The number of aliphatic imine (C=N–C) groups is 1. The van der Waals surface area contributed by atoms with Gasteiger partial charge in [-0.05, 0) is 65.3 Å². The summed E-state index contributed by atoms with van der Waals surface area (Å²) in [4.78, 5) is 41.2. The zero-order chi connectivity index (χ0) is 26.6. The lowest BCUT2D eigenvalue weighted by molar-refractivity contribution is -0.111. The molecule has 2 amide bonds. The number of anilines is 1. The second kappa shape index (κ2) is 10.4. The maximum atomic E-state index is 11.9. The van der Waals surface area contributed by atoms with Gasteiger partial charge in [-0.15, -0.1) is 0 Å². The minimum absolute atomic E-state index is 0.104. The quantitative estimate of drug-likeness (QED) is 0.269. The van der Waals surface area contributed by atoms with Gasteiger partial charge in [0, 0.05) is 29.0 Å². The van der Waals surface area contributed by atoms with Gasteiger partial charge in [-0.2, -0.15) is 9.98 Å². The summed E-state index contributed by atoms with van der Waals surface area (Å²) in [7, 11) is 0. The van der Waals surface area contributed by atoms with Crippen molar-refractivity contribution >= 4 is 40.5 Å². The number of nitrogens with one attached hydrogen (secondary N) is 2. The third-order valence-corrected chi connectivity index (χ3v) is 4.75. The summed E-state index contributed by atoms with van der Waals surface area (Å²) in [6.07, 6.45) is 7.21. The summed E-state index contributed by atoms with van der Waals surface area (Å²) in [6.45, 7) is 14.3. The molecule has 0 saturated carbocycles. The van der Waals surface area contributed by atoms with Gasteiger partial charge in [0.15, 0.2) is 0 Å². The van der Waals surface area contributed by atoms with Crippen molar-refractivity contribution in [2.24, 2.45) is 10.7 Å². The number of nitrogens with two attached hydrogens (primary N) is 1. The van der Waals surface area contributed by atoms with Crippen molar-refractivity contribution in [2.45, 2.75) is 47.1 Å². The van der Waals surface area contributed by atoms with Gasteiger partial charge in [0.1, 0.15) is 22.9 Å². The van der Waals surface area contributed by atoms with E-state index in [9.17, 15) is 9.59 Å². The van der Waals surface area contributed by atoms with Gasteiger partial charge in [-0.25, -0.2) is 14.8 Å². The van der Waals surface area contributed by atoms with E-state index in [4.69, 9.17) is 10.5 Å². The molecule has 0 aromatic carbocycles. The van der Waals surface area contributed by atoms with Gasteiger partial charge in [-0.1, -0.05) is 6.58 Å². The monoisotopic (exact) mass is 490 g/mol. The Bertz CT molecular complexity index is 1400. The number of carbonyl (C=O) groups excluding carboxylic acids is 2. The number of hydrogen-bond donors (Lipinski definition) is 3. The normalized spacial score (nSPS) is 12.4. The van der Waals surface area contributed by atoms with Crippen LogP contribution in [-0.2, 0) is 9.53 Å². The first kappa shape index (κ1) is 26.1. The topological polar surface area (TPSA) is 149 Å². The Morgan fingerprint density at radius 1 is 1.19 bits per heavy atom. The van der Waals surface area contributed by atoms with Crippen molar-refractivity contribution < 1.29 is 14.3 Å². The van der Waals surface area contributed by atoms with E-state index in [2.05, 4.69) is 37.2 Å². The number of alkyl carbamates (subject to hydrolysis) is 1. The zero-order valence-corrected chi connectivity index (χ0v) is 21.2. The molecular weight excluding hydrogens is 460 g/mol. The SMILES string of the molecule is C=CC(=O)Nc1cnc2c(c1)c(C)cn2-c1nc(/N=C(N)\C=C(\C)NC(=O)OC(C)(C)C)ncc1C. The molecule has 0 bridgehead atoms. The summed E-state index contributed by atoms with van der Waals surface area (Å²) < 4.78 is 7.06. The number of amides is 2. The maximum absolute atomic E-state index is 11.9. The standard InChI is InChI=1S/C25H30N8O3/c1-8-20(34)30-17-10-18-15(3)13-33(22(18)27-12-17)21-14(2)11-28-23(32-21)31-19(26)9-16(4)29-24(35)36-25(5,6)7/h8-13H,1H2,2-7H3,(H,29,35)(H,30,34)(H2,26,28,31,32)/b16-9-. The van der Waals surface area contributed by atoms with Gasteiger partial charge in [0.2, 0.25) is 5.91 Å². The van der Waals surface area contributed by atoms with E-state index >= 15 is 0 Å². The van der Waals surface area contributed by atoms with Crippen LogP contribution in [0.5, 0.6) is 0 Å². The van der Waals surface area contributed by atoms with Crippen LogP contribution in [0.4, 0.5) is 16.4 Å². The average molecular weight is 491 g/mol. The highest BCUT2D eigenvalue weighted by atomic mass is 16.6. The Labute approximate surface area is 209 Å². The fourth-order valence-electron chi connectivity index (χ4n) is 3.28. The Kier molecular flexibility index (Phi) is 7.52. The predicted molar refractivity (Wildman–Crippen MR) is 139 cm³/mol. The Hall–Kier alpha value is -4.54. The molecule has 4 N–H and O–H groups in total. The summed E-state index contributed by atoms with van der Waals surface area (Å²) in [5.74, 6) is 0.514. The van der Waals surface area contributed by atoms with Crippen LogP contribution in [0.15, 0.2) is 54.1 Å². The number of ether oxygens (including phenoxy) is 1. The second-order valence-electron chi connectivity index (χ2n) is 9.14. The van der Waals surface area contributed by atoms with Gasteiger partial charge in [0.05, 0.1) is 11.9 Å². The van der Waals surface area contributed by atoms with Crippen LogP contribution in [0.1, 0.15) is 38.8 Å². The molecule has 3 aromatic rings. The fraction of sp³-hybridized carbons (Fsp3) is 0.280. The first-order valence-electron chi connectivity index (χ1n) is 11.1. The number of rotatable bonds is 6. The number of nitrogens with zero attached hydrogens (tertiary/aromatic N) is 5. The number of carbonyl (C=O) groups is 2. The molecule has 3 aromatic heterocycles. The minimum Gasteiger partial charge on any atom is -0.444 e. The summed E-state index contributed by atoms with van der Waals surface area (Å²) in [5.41, 5.74) is 8.84. The molecule has 3 heterocycles. The van der Waals surface area contributed by atoms with Crippen molar-refractivity contribution in [1.29, 1.82) is 0 Å². The lowest BCUT2D eigenvalue weighted by Gasteiger charge is -2.19. The molecule has 3 rings (SSSR count). The van der Waals surface area contributed by atoms with E-state index in [1.807, 2.05) is 30.7 Å². The number of hydrogen-bond acceptors (Lipinski definition) is 7.